The summed E-state index contributed by atoms with van der Waals surface area (Å²) in [5.41, 5.74) is 2.43. The van der Waals surface area contributed by atoms with Crippen molar-refractivity contribution in [3.63, 3.8) is 0 Å². The predicted octanol–water partition coefficient (Wildman–Crippen LogP) is 3.96. The van der Waals surface area contributed by atoms with Gasteiger partial charge in [-0.3, -0.25) is 0 Å². The lowest BCUT2D eigenvalue weighted by molar-refractivity contribution is 0.0400. The van der Waals surface area contributed by atoms with Crippen molar-refractivity contribution in [3.8, 4) is 0 Å². The van der Waals surface area contributed by atoms with Crippen molar-refractivity contribution in [3.05, 3.63) is 29.8 Å². The number of rotatable bonds is 4. The van der Waals surface area contributed by atoms with Gasteiger partial charge in [-0.15, -0.1) is 0 Å². The van der Waals surface area contributed by atoms with Gasteiger partial charge in [0.15, 0.2) is 0 Å². The van der Waals surface area contributed by atoms with E-state index < -0.39 is 0 Å². The van der Waals surface area contributed by atoms with Crippen molar-refractivity contribution in [1.29, 1.82) is 0 Å². The van der Waals surface area contributed by atoms with E-state index in [1.165, 1.54) is 37.7 Å². The van der Waals surface area contributed by atoms with Crippen LogP contribution in [0.25, 0.3) is 0 Å². The first-order valence-electron chi connectivity index (χ1n) is 6.27. The van der Waals surface area contributed by atoms with Gasteiger partial charge in [-0.1, -0.05) is 31.4 Å². The lowest BCUT2D eigenvalue weighted by Gasteiger charge is -2.22. The highest BCUT2D eigenvalue weighted by Gasteiger charge is 2.12. The molecule has 0 heterocycles. The quantitative estimate of drug-likeness (QED) is 0.777. The third-order valence-corrected chi connectivity index (χ3v) is 3.17. The molecule has 1 aromatic carbocycles. The van der Waals surface area contributed by atoms with E-state index in [2.05, 4.69) is 36.5 Å². The van der Waals surface area contributed by atoms with Crippen LogP contribution in [0, 0.1) is 6.92 Å². The maximum Gasteiger partial charge on any atom is 0.116 e. The van der Waals surface area contributed by atoms with Gasteiger partial charge in [0.1, 0.15) is 6.73 Å². The molecule has 1 aromatic rings. The van der Waals surface area contributed by atoms with Crippen LogP contribution in [-0.4, -0.2) is 12.8 Å². The number of benzene rings is 1. The van der Waals surface area contributed by atoms with E-state index in [0.29, 0.717) is 12.8 Å². The standard InChI is InChI=1S/C14H21NO.H2/c1-12-6-5-7-13(10-12)15-11-16-14-8-3-2-4-9-14;/h5-7,10,14-15H,2-4,8-9,11H2,1H3;1H. The van der Waals surface area contributed by atoms with Crippen LogP contribution in [-0.2, 0) is 4.74 Å². The molecule has 1 N–H and O–H groups in total. The zero-order valence-electron chi connectivity index (χ0n) is 10.0. The second-order valence-electron chi connectivity index (χ2n) is 4.62. The van der Waals surface area contributed by atoms with Gasteiger partial charge in [-0.25, -0.2) is 0 Å². The van der Waals surface area contributed by atoms with Crippen LogP contribution in [0.15, 0.2) is 24.3 Å². The second kappa shape index (κ2) is 5.90. The van der Waals surface area contributed by atoms with E-state index in [4.69, 9.17) is 4.74 Å². The third kappa shape index (κ3) is 3.53. The molecule has 1 aliphatic carbocycles. The summed E-state index contributed by atoms with van der Waals surface area (Å²) >= 11 is 0. The Morgan fingerprint density at radius 1 is 1.31 bits per heavy atom. The van der Waals surface area contributed by atoms with Gasteiger partial charge in [0.2, 0.25) is 0 Å². The lowest BCUT2D eigenvalue weighted by Crippen LogP contribution is -2.20. The van der Waals surface area contributed by atoms with Gasteiger partial charge in [-0.05, 0) is 37.5 Å². The first kappa shape index (κ1) is 11.5. The van der Waals surface area contributed by atoms with Gasteiger partial charge >= 0.3 is 0 Å². The average Bonchev–Trinajstić information content (AvgIpc) is 2.30. The number of hydrogen-bond donors (Lipinski definition) is 1. The summed E-state index contributed by atoms with van der Waals surface area (Å²) in [6, 6.07) is 8.40. The maximum absolute atomic E-state index is 5.82. The first-order chi connectivity index (χ1) is 7.84. The van der Waals surface area contributed by atoms with Gasteiger partial charge in [0.05, 0.1) is 6.10 Å². The Kier molecular flexibility index (Phi) is 4.23. The molecule has 16 heavy (non-hydrogen) atoms. The van der Waals surface area contributed by atoms with Crippen molar-refractivity contribution in [2.45, 2.75) is 45.1 Å². The maximum atomic E-state index is 5.82. The van der Waals surface area contributed by atoms with Gasteiger partial charge < -0.3 is 10.1 Å². The summed E-state index contributed by atoms with van der Waals surface area (Å²) in [7, 11) is 0. The van der Waals surface area contributed by atoms with Crippen molar-refractivity contribution in [1.82, 2.24) is 0 Å². The van der Waals surface area contributed by atoms with Crippen LogP contribution in [0.2, 0.25) is 0 Å². The van der Waals surface area contributed by atoms with E-state index >= 15 is 0 Å². The fourth-order valence-corrected chi connectivity index (χ4v) is 2.23. The molecule has 0 unspecified atom stereocenters. The van der Waals surface area contributed by atoms with E-state index in [0.717, 1.165) is 5.69 Å². The molecule has 0 radical (unpaired) electrons. The van der Waals surface area contributed by atoms with E-state index in [1.807, 2.05) is 0 Å². The SMILES string of the molecule is Cc1cccc(NCOC2CCCCC2)c1.[HH]. The summed E-state index contributed by atoms with van der Waals surface area (Å²) in [5, 5.41) is 3.31. The zero-order valence-corrected chi connectivity index (χ0v) is 10.0. The molecule has 0 aromatic heterocycles. The van der Waals surface area contributed by atoms with Crippen LogP contribution < -0.4 is 5.32 Å². The number of hydrogen-bond acceptors (Lipinski definition) is 2. The number of nitrogens with one attached hydrogen (secondary N) is 1. The average molecular weight is 221 g/mol. The number of anilines is 1. The molecule has 1 aliphatic rings. The summed E-state index contributed by atoms with van der Waals surface area (Å²) in [4.78, 5) is 0. The van der Waals surface area contributed by atoms with Crippen molar-refractivity contribution in [2.75, 3.05) is 12.0 Å². The van der Waals surface area contributed by atoms with Crippen LogP contribution >= 0.6 is 0 Å². The van der Waals surface area contributed by atoms with Crippen LogP contribution in [0.1, 0.15) is 39.1 Å². The predicted molar refractivity (Wildman–Crippen MR) is 69.7 cm³/mol. The molecule has 1 saturated carbocycles. The van der Waals surface area contributed by atoms with E-state index in [9.17, 15) is 0 Å². The van der Waals surface area contributed by atoms with Crippen LogP contribution in [0.5, 0.6) is 0 Å². The normalized spacial score (nSPS) is 17.3. The highest BCUT2D eigenvalue weighted by Crippen LogP contribution is 2.20. The Labute approximate surface area is 99.5 Å². The largest absolute Gasteiger partial charge is 0.363 e. The Morgan fingerprint density at radius 3 is 2.88 bits per heavy atom. The molecule has 2 nitrogen and oxygen atoms in total. The smallest absolute Gasteiger partial charge is 0.116 e. The van der Waals surface area contributed by atoms with Gasteiger partial charge in [0.25, 0.3) is 0 Å². The third-order valence-electron chi connectivity index (χ3n) is 3.17. The van der Waals surface area contributed by atoms with Crippen molar-refractivity contribution < 1.29 is 6.16 Å². The monoisotopic (exact) mass is 221 g/mol. The molecule has 2 rings (SSSR count). The Balaban J connectivity index is 0.00000144. The Bertz CT molecular complexity index is 324. The fourth-order valence-electron chi connectivity index (χ4n) is 2.23. The molecule has 0 saturated heterocycles. The summed E-state index contributed by atoms with van der Waals surface area (Å²) in [6.07, 6.45) is 6.98. The fraction of sp³-hybridized carbons (Fsp3) is 0.571. The zero-order chi connectivity index (χ0) is 11.2. The minimum atomic E-state index is 0. The topological polar surface area (TPSA) is 21.3 Å². The molecular weight excluding hydrogens is 198 g/mol. The van der Waals surface area contributed by atoms with E-state index in [1.54, 1.807) is 0 Å². The van der Waals surface area contributed by atoms with Gasteiger partial charge in [-0.2, -0.15) is 0 Å². The Hall–Kier alpha value is -1.02. The molecule has 0 aliphatic heterocycles. The molecule has 0 spiro atoms. The molecule has 0 atom stereocenters. The summed E-state index contributed by atoms with van der Waals surface area (Å²) < 4.78 is 5.82. The molecule has 0 amide bonds. The lowest BCUT2D eigenvalue weighted by atomic mass is 9.98. The number of ether oxygens (including phenoxy) is 1. The Morgan fingerprint density at radius 2 is 2.12 bits per heavy atom. The minimum Gasteiger partial charge on any atom is -0.363 e. The van der Waals surface area contributed by atoms with Crippen LogP contribution in [0.3, 0.4) is 0 Å². The highest BCUT2D eigenvalue weighted by molar-refractivity contribution is 5.44. The first-order valence-corrected chi connectivity index (χ1v) is 6.27. The molecule has 0 bridgehead atoms. The molecule has 1 fully saturated rings. The van der Waals surface area contributed by atoms with Crippen molar-refractivity contribution >= 4 is 5.69 Å². The highest BCUT2D eigenvalue weighted by atomic mass is 16.5. The summed E-state index contributed by atoms with van der Waals surface area (Å²) in [5.74, 6) is 0. The second-order valence-corrected chi connectivity index (χ2v) is 4.62. The molecular formula is C14H23NO. The van der Waals surface area contributed by atoms with Gasteiger partial charge in [0, 0.05) is 7.11 Å². The van der Waals surface area contributed by atoms with Crippen LogP contribution in [0.4, 0.5) is 5.69 Å². The number of aryl methyl sites for hydroxylation is 1. The summed E-state index contributed by atoms with van der Waals surface area (Å²) in [6.45, 7) is 2.74. The van der Waals surface area contributed by atoms with Crippen molar-refractivity contribution in [2.24, 2.45) is 0 Å². The molecule has 90 valence electrons. The minimum absolute atomic E-state index is 0. The molecule has 2 heteroatoms. The van der Waals surface area contributed by atoms with E-state index in [-0.39, 0.29) is 1.43 Å².